The Morgan fingerprint density at radius 2 is 1.27 bits per heavy atom. The third-order valence-corrected chi connectivity index (χ3v) is 9.29. The minimum Gasteiger partial charge on any atom is -0.497 e. The molecule has 1 saturated heterocycles. The Kier molecular flexibility index (Phi) is 18.5. The Hall–Kier alpha value is -5.24. The summed E-state index contributed by atoms with van der Waals surface area (Å²) in [4.78, 5) is 46.3. The highest BCUT2D eigenvalue weighted by Gasteiger charge is 2.42. The molecule has 0 aliphatic carbocycles. The molecular weight excluding hydrogens is 720 g/mol. The number of aliphatic carboxylic acids is 2. The van der Waals surface area contributed by atoms with Crippen molar-refractivity contribution in [2.75, 3.05) is 20.8 Å². The zero-order valence-corrected chi connectivity index (χ0v) is 32.9. The molecule has 0 bridgehead atoms. The fourth-order valence-corrected chi connectivity index (χ4v) is 6.17. The number of hydrogen-bond acceptors (Lipinski definition) is 9. The maximum Gasteiger partial charge on any atom is 0.330 e. The van der Waals surface area contributed by atoms with Gasteiger partial charge in [-0.05, 0) is 60.7 Å². The summed E-state index contributed by atoms with van der Waals surface area (Å²) in [5.41, 5.74) is 0.825. The third-order valence-electron chi connectivity index (χ3n) is 9.29. The molecule has 0 amide bonds. The monoisotopic (exact) mass is 776 g/mol. The van der Waals surface area contributed by atoms with E-state index in [9.17, 15) is 24.3 Å². The Labute approximate surface area is 327 Å². The van der Waals surface area contributed by atoms with E-state index in [1.165, 1.54) is 10.8 Å². The first kappa shape index (κ1) is 45.2. The van der Waals surface area contributed by atoms with Crippen LogP contribution in [0.1, 0.15) is 100 Å². The van der Waals surface area contributed by atoms with E-state index in [0.29, 0.717) is 29.9 Å². The van der Waals surface area contributed by atoms with Gasteiger partial charge in [0.25, 0.3) is 5.56 Å². The summed E-state index contributed by atoms with van der Waals surface area (Å²) in [7, 11) is 3.23. The number of ether oxygens (including phenoxy) is 4. The molecule has 5 rings (SSSR count). The molecule has 13 heteroatoms. The predicted octanol–water partition coefficient (Wildman–Crippen LogP) is 6.82. The van der Waals surface area contributed by atoms with E-state index in [0.717, 1.165) is 55.2 Å². The van der Waals surface area contributed by atoms with Gasteiger partial charge in [-0.3, -0.25) is 23.9 Å². The number of aromatic nitrogens is 2. The smallest absolute Gasteiger partial charge is 0.330 e. The summed E-state index contributed by atoms with van der Waals surface area (Å²) in [5.74, 6) is 0.0517. The SMILES string of the molecule is CCCCCC(=O)O.CCCCCC(=O)O.COc1ccc(C(OC[C@H]2O[C@@H](n3cc(C)c(=O)[nH]c3=O)CC2O)(c2ccccc2)c2ccc(OC)cc2)cc1. The van der Waals surface area contributed by atoms with Crippen LogP contribution in [0.5, 0.6) is 11.5 Å². The number of aliphatic hydroxyl groups excluding tert-OH is 1. The lowest BCUT2D eigenvalue weighted by atomic mass is 9.80. The zero-order valence-electron chi connectivity index (χ0n) is 32.9. The number of nitrogens with one attached hydrogen (secondary N) is 1. The van der Waals surface area contributed by atoms with Gasteiger partial charge in [0.15, 0.2) is 0 Å². The number of carbonyl (C=O) groups is 2. The number of benzene rings is 3. The summed E-state index contributed by atoms with van der Waals surface area (Å²) in [6.07, 6.45) is 5.79. The molecule has 3 aromatic carbocycles. The van der Waals surface area contributed by atoms with Crippen molar-refractivity contribution in [1.29, 1.82) is 0 Å². The Bertz CT molecular complexity index is 1820. The molecule has 4 aromatic rings. The molecule has 4 N–H and O–H groups in total. The van der Waals surface area contributed by atoms with Crippen LogP contribution < -0.4 is 20.7 Å². The normalized spacial score (nSPS) is 16.1. The van der Waals surface area contributed by atoms with Gasteiger partial charge in [0, 0.05) is 31.0 Å². The number of aliphatic hydroxyl groups is 1. The molecule has 13 nitrogen and oxygen atoms in total. The highest BCUT2D eigenvalue weighted by Crippen LogP contribution is 2.42. The lowest BCUT2D eigenvalue weighted by Gasteiger charge is -2.37. The van der Waals surface area contributed by atoms with E-state index in [-0.39, 0.29) is 13.0 Å². The molecule has 1 aromatic heterocycles. The Morgan fingerprint density at radius 1 is 0.786 bits per heavy atom. The molecule has 56 heavy (non-hydrogen) atoms. The van der Waals surface area contributed by atoms with Gasteiger partial charge >= 0.3 is 17.6 Å². The first-order valence-electron chi connectivity index (χ1n) is 19.0. The summed E-state index contributed by atoms with van der Waals surface area (Å²) >= 11 is 0. The van der Waals surface area contributed by atoms with Crippen molar-refractivity contribution in [3.63, 3.8) is 0 Å². The van der Waals surface area contributed by atoms with E-state index in [1.807, 2.05) is 78.9 Å². The standard InChI is InChI=1S/C31H32N2O7.2C6H12O2/c1-20-18-33(30(36)32-29(20)35)28-17-26(34)27(40-28)19-39-31(21-7-5-4-6-8-21,22-9-13-24(37-2)14-10-22)23-11-15-25(38-3)16-12-23;2*1-2-3-4-5-6(7)8/h4-16,18,26-28,34H,17,19H2,1-3H3,(H,32,35,36);2*2-5H2,1H3,(H,7,8)/t26?,27-,28-;;/m1../s1. The van der Waals surface area contributed by atoms with Gasteiger partial charge in [0.2, 0.25) is 0 Å². The number of H-pyrrole nitrogens is 1. The van der Waals surface area contributed by atoms with E-state index in [1.54, 1.807) is 21.1 Å². The number of rotatable bonds is 17. The number of carboxylic acids is 2. The number of hydrogen-bond donors (Lipinski definition) is 4. The molecule has 1 unspecified atom stereocenters. The second-order valence-electron chi connectivity index (χ2n) is 13.4. The maximum absolute atomic E-state index is 12.5. The summed E-state index contributed by atoms with van der Waals surface area (Å²) in [6, 6.07) is 25.1. The van der Waals surface area contributed by atoms with Crippen molar-refractivity contribution in [1.82, 2.24) is 9.55 Å². The first-order valence-corrected chi connectivity index (χ1v) is 19.0. The quantitative estimate of drug-likeness (QED) is 0.0651. The fraction of sp³-hybridized carbons (Fsp3) is 0.442. The van der Waals surface area contributed by atoms with Crippen molar-refractivity contribution in [2.24, 2.45) is 0 Å². The van der Waals surface area contributed by atoms with Gasteiger partial charge in [-0.15, -0.1) is 0 Å². The average Bonchev–Trinajstić information content (AvgIpc) is 3.57. The van der Waals surface area contributed by atoms with Gasteiger partial charge in [-0.1, -0.05) is 94.1 Å². The van der Waals surface area contributed by atoms with Gasteiger partial charge in [-0.25, -0.2) is 4.79 Å². The molecule has 1 aliphatic rings. The van der Waals surface area contributed by atoms with Gasteiger partial charge in [0.05, 0.1) is 26.9 Å². The molecule has 1 aliphatic heterocycles. The van der Waals surface area contributed by atoms with Crippen LogP contribution >= 0.6 is 0 Å². The summed E-state index contributed by atoms with van der Waals surface area (Å²) in [5, 5.41) is 27.2. The number of unbranched alkanes of at least 4 members (excludes halogenated alkanes) is 4. The Balaban J connectivity index is 0.000000441. The average molecular weight is 777 g/mol. The maximum atomic E-state index is 12.5. The molecule has 304 valence electrons. The largest absolute Gasteiger partial charge is 0.497 e. The summed E-state index contributed by atoms with van der Waals surface area (Å²) in [6.45, 7) is 5.74. The lowest BCUT2D eigenvalue weighted by Crippen LogP contribution is -2.38. The van der Waals surface area contributed by atoms with Crippen molar-refractivity contribution < 1.29 is 43.9 Å². The van der Waals surface area contributed by atoms with Crippen molar-refractivity contribution in [2.45, 2.75) is 103 Å². The minimum absolute atomic E-state index is 0.0156. The van der Waals surface area contributed by atoms with Crippen LogP contribution in [-0.2, 0) is 24.7 Å². The van der Waals surface area contributed by atoms with Gasteiger partial charge in [0.1, 0.15) is 29.4 Å². The summed E-state index contributed by atoms with van der Waals surface area (Å²) < 4.78 is 25.1. The number of carboxylic acid groups (broad SMARTS) is 2. The van der Waals surface area contributed by atoms with Crippen LogP contribution in [-0.4, -0.2) is 69.8 Å². The molecule has 0 spiro atoms. The van der Waals surface area contributed by atoms with Crippen LogP contribution in [0.3, 0.4) is 0 Å². The third kappa shape index (κ3) is 12.9. The van der Waals surface area contributed by atoms with Crippen LogP contribution in [0, 0.1) is 6.92 Å². The van der Waals surface area contributed by atoms with Crippen LogP contribution in [0.4, 0.5) is 0 Å². The van der Waals surface area contributed by atoms with Gasteiger partial charge < -0.3 is 34.3 Å². The lowest BCUT2D eigenvalue weighted by molar-refractivity contribution is -0.138. The Morgan fingerprint density at radius 3 is 1.71 bits per heavy atom. The van der Waals surface area contributed by atoms with Crippen molar-refractivity contribution >= 4 is 11.9 Å². The number of aromatic amines is 1. The van der Waals surface area contributed by atoms with Crippen molar-refractivity contribution in [3.05, 3.63) is 128 Å². The molecule has 1 fully saturated rings. The van der Waals surface area contributed by atoms with Crippen LogP contribution in [0.25, 0.3) is 0 Å². The molecule has 0 radical (unpaired) electrons. The predicted molar refractivity (Wildman–Crippen MR) is 212 cm³/mol. The second kappa shape index (κ2) is 23.0. The second-order valence-corrected chi connectivity index (χ2v) is 13.4. The zero-order chi connectivity index (χ0) is 41.1. The van der Waals surface area contributed by atoms with E-state index >= 15 is 0 Å². The van der Waals surface area contributed by atoms with E-state index in [4.69, 9.17) is 29.2 Å². The number of methoxy groups -OCH3 is 2. The number of aryl methyl sites for hydroxylation is 1. The molecular formula is C43H56N2O11. The minimum atomic E-state index is -1.08. The fourth-order valence-electron chi connectivity index (χ4n) is 6.17. The first-order chi connectivity index (χ1) is 26.9. The van der Waals surface area contributed by atoms with Gasteiger partial charge in [-0.2, -0.15) is 0 Å². The number of nitrogens with zero attached hydrogens (tertiary/aromatic N) is 1. The molecule has 2 heterocycles. The molecule has 0 saturated carbocycles. The van der Waals surface area contributed by atoms with E-state index in [2.05, 4.69) is 18.8 Å². The van der Waals surface area contributed by atoms with E-state index < -0.39 is 47.2 Å². The highest BCUT2D eigenvalue weighted by molar-refractivity contribution is 5.66. The highest BCUT2D eigenvalue weighted by atomic mass is 16.6. The topological polar surface area (TPSA) is 187 Å². The van der Waals surface area contributed by atoms with Crippen molar-refractivity contribution in [3.8, 4) is 11.5 Å². The molecule has 3 atom stereocenters. The van der Waals surface area contributed by atoms with Crippen LogP contribution in [0.2, 0.25) is 0 Å². The van der Waals surface area contributed by atoms with Crippen LogP contribution in [0.15, 0.2) is 94.6 Å².